The van der Waals surface area contributed by atoms with Crippen LogP contribution in [0.5, 0.6) is 0 Å². The topological polar surface area (TPSA) is 74.5 Å². The molecule has 1 aliphatic heterocycles. The van der Waals surface area contributed by atoms with Gasteiger partial charge in [-0.2, -0.15) is 0 Å². The van der Waals surface area contributed by atoms with Crippen molar-refractivity contribution in [1.29, 1.82) is 0 Å². The van der Waals surface area contributed by atoms with Crippen molar-refractivity contribution in [3.8, 4) is 0 Å². The highest BCUT2D eigenvalue weighted by molar-refractivity contribution is 5.83. The van der Waals surface area contributed by atoms with Gasteiger partial charge in [0, 0.05) is 13.0 Å². The Bertz CT molecular complexity index is 357. The minimum Gasteiger partial charge on any atom is -0.462 e. The van der Waals surface area contributed by atoms with Crippen molar-refractivity contribution in [2.45, 2.75) is 31.8 Å². The molecule has 1 aliphatic rings. The summed E-state index contributed by atoms with van der Waals surface area (Å²) in [5, 5.41) is 7.37. The van der Waals surface area contributed by atoms with Gasteiger partial charge in [0.15, 0.2) is 0 Å². The minimum atomic E-state index is -0.601. The van der Waals surface area contributed by atoms with E-state index in [4.69, 9.17) is 9.15 Å². The highest BCUT2D eigenvalue weighted by Crippen LogP contribution is 2.17. The van der Waals surface area contributed by atoms with Gasteiger partial charge in [-0.15, -0.1) is 10.2 Å². The van der Waals surface area contributed by atoms with Gasteiger partial charge < -0.3 is 13.9 Å². The van der Waals surface area contributed by atoms with Crippen LogP contribution in [0.1, 0.15) is 35.8 Å². The lowest BCUT2D eigenvalue weighted by Gasteiger charge is -2.05. The zero-order chi connectivity index (χ0) is 11.4. The Kier molecular flexibility index (Phi) is 3.51. The highest BCUT2D eigenvalue weighted by atomic mass is 16.5. The molecule has 2 heterocycles. The van der Waals surface area contributed by atoms with E-state index in [0.29, 0.717) is 12.3 Å². The molecule has 0 N–H and O–H groups in total. The van der Waals surface area contributed by atoms with E-state index in [2.05, 4.69) is 14.9 Å². The fourth-order valence-corrected chi connectivity index (χ4v) is 1.68. The first kappa shape index (κ1) is 11.1. The van der Waals surface area contributed by atoms with E-state index in [1.165, 1.54) is 7.11 Å². The van der Waals surface area contributed by atoms with Crippen molar-refractivity contribution in [1.82, 2.24) is 10.2 Å². The Labute approximate surface area is 92.9 Å². The summed E-state index contributed by atoms with van der Waals surface area (Å²) in [4.78, 5) is 11.0. The van der Waals surface area contributed by atoms with Crippen LogP contribution in [-0.2, 0) is 15.9 Å². The van der Waals surface area contributed by atoms with E-state index < -0.39 is 5.97 Å². The average molecular weight is 226 g/mol. The summed E-state index contributed by atoms with van der Waals surface area (Å²) in [6.07, 6.45) is 3.96. The van der Waals surface area contributed by atoms with Gasteiger partial charge in [-0.25, -0.2) is 4.79 Å². The van der Waals surface area contributed by atoms with E-state index in [-0.39, 0.29) is 12.0 Å². The number of aromatic nitrogens is 2. The summed E-state index contributed by atoms with van der Waals surface area (Å²) < 4.78 is 15.1. The fraction of sp³-hybridized carbons (Fsp3) is 0.700. The van der Waals surface area contributed by atoms with Gasteiger partial charge in [-0.1, -0.05) is 0 Å². The van der Waals surface area contributed by atoms with E-state index in [9.17, 15) is 4.79 Å². The van der Waals surface area contributed by atoms with Crippen LogP contribution in [0, 0.1) is 0 Å². The van der Waals surface area contributed by atoms with Gasteiger partial charge in [0.25, 0.3) is 0 Å². The van der Waals surface area contributed by atoms with Crippen LogP contribution in [-0.4, -0.2) is 36.0 Å². The van der Waals surface area contributed by atoms with Crippen LogP contribution in [0.2, 0.25) is 0 Å². The quantitative estimate of drug-likeness (QED) is 0.712. The number of carbonyl (C=O) groups is 1. The Hall–Kier alpha value is -1.43. The molecule has 1 saturated heterocycles. The smallest absolute Gasteiger partial charge is 0.396 e. The molecule has 1 aromatic rings. The van der Waals surface area contributed by atoms with Crippen LogP contribution in [0.4, 0.5) is 0 Å². The van der Waals surface area contributed by atoms with Gasteiger partial charge >= 0.3 is 11.9 Å². The molecule has 1 aromatic heterocycles. The maximum atomic E-state index is 11.0. The number of aryl methyl sites for hydroxylation is 1. The molecule has 1 unspecified atom stereocenters. The Morgan fingerprint density at radius 2 is 2.44 bits per heavy atom. The second kappa shape index (κ2) is 5.07. The van der Waals surface area contributed by atoms with Crippen molar-refractivity contribution in [3.05, 3.63) is 11.8 Å². The lowest BCUT2D eigenvalue weighted by molar-refractivity contribution is 0.0553. The number of hydrogen-bond acceptors (Lipinski definition) is 6. The molecule has 88 valence electrons. The number of ether oxygens (including phenoxy) is 2. The number of rotatable bonds is 4. The molecule has 0 amide bonds. The summed E-state index contributed by atoms with van der Waals surface area (Å²) in [5.74, 6) is -0.239. The van der Waals surface area contributed by atoms with Gasteiger partial charge in [-0.3, -0.25) is 0 Å². The van der Waals surface area contributed by atoms with Crippen LogP contribution in [0.25, 0.3) is 0 Å². The van der Waals surface area contributed by atoms with Crippen molar-refractivity contribution < 1.29 is 18.7 Å². The standard InChI is InChI=1S/C10H14N2O4/c1-14-10(13)9-12-11-8(16-9)5-4-7-3-2-6-15-7/h7H,2-6H2,1H3. The lowest BCUT2D eigenvalue weighted by atomic mass is 10.1. The van der Waals surface area contributed by atoms with E-state index >= 15 is 0 Å². The van der Waals surface area contributed by atoms with Crippen molar-refractivity contribution in [2.75, 3.05) is 13.7 Å². The summed E-state index contributed by atoms with van der Waals surface area (Å²) >= 11 is 0. The molecule has 0 saturated carbocycles. The normalized spacial score (nSPS) is 19.9. The molecular formula is C10H14N2O4. The molecule has 0 aliphatic carbocycles. The molecule has 0 bridgehead atoms. The summed E-state index contributed by atoms with van der Waals surface area (Å²) in [7, 11) is 1.28. The third-order valence-electron chi connectivity index (χ3n) is 2.53. The fourth-order valence-electron chi connectivity index (χ4n) is 1.68. The molecule has 0 spiro atoms. The number of methoxy groups -OCH3 is 1. The van der Waals surface area contributed by atoms with Crippen molar-refractivity contribution >= 4 is 5.97 Å². The van der Waals surface area contributed by atoms with E-state index in [0.717, 1.165) is 25.9 Å². The molecule has 0 radical (unpaired) electrons. The second-order valence-corrected chi connectivity index (χ2v) is 3.67. The molecule has 6 nitrogen and oxygen atoms in total. The predicted molar refractivity (Wildman–Crippen MR) is 52.9 cm³/mol. The second-order valence-electron chi connectivity index (χ2n) is 3.67. The summed E-state index contributed by atoms with van der Waals surface area (Å²) in [6, 6.07) is 0. The zero-order valence-corrected chi connectivity index (χ0v) is 9.14. The third-order valence-corrected chi connectivity index (χ3v) is 2.53. The average Bonchev–Trinajstić information content (AvgIpc) is 2.96. The molecule has 16 heavy (non-hydrogen) atoms. The molecule has 0 aromatic carbocycles. The first-order chi connectivity index (χ1) is 7.79. The Balaban J connectivity index is 1.85. The first-order valence-electron chi connectivity index (χ1n) is 5.32. The summed E-state index contributed by atoms with van der Waals surface area (Å²) in [5.41, 5.74) is 0. The Morgan fingerprint density at radius 1 is 1.56 bits per heavy atom. The molecule has 1 fully saturated rings. The molecule has 2 rings (SSSR count). The maximum absolute atomic E-state index is 11.0. The molecular weight excluding hydrogens is 212 g/mol. The SMILES string of the molecule is COC(=O)c1nnc(CCC2CCCO2)o1. The van der Waals surface area contributed by atoms with Crippen LogP contribution >= 0.6 is 0 Å². The molecule has 6 heteroatoms. The predicted octanol–water partition coefficient (Wildman–Crippen LogP) is 0.968. The zero-order valence-electron chi connectivity index (χ0n) is 9.14. The van der Waals surface area contributed by atoms with Gasteiger partial charge in [0.05, 0.1) is 13.2 Å². The monoisotopic (exact) mass is 226 g/mol. The van der Waals surface area contributed by atoms with Crippen LogP contribution < -0.4 is 0 Å². The molecule has 1 atom stereocenters. The van der Waals surface area contributed by atoms with E-state index in [1.807, 2.05) is 0 Å². The van der Waals surface area contributed by atoms with Crippen molar-refractivity contribution in [2.24, 2.45) is 0 Å². The first-order valence-corrected chi connectivity index (χ1v) is 5.32. The largest absolute Gasteiger partial charge is 0.462 e. The number of nitrogens with zero attached hydrogens (tertiary/aromatic N) is 2. The maximum Gasteiger partial charge on any atom is 0.396 e. The Morgan fingerprint density at radius 3 is 3.12 bits per heavy atom. The lowest BCUT2D eigenvalue weighted by Crippen LogP contribution is -2.06. The number of carbonyl (C=O) groups excluding carboxylic acids is 1. The van der Waals surface area contributed by atoms with Crippen LogP contribution in [0.15, 0.2) is 4.42 Å². The summed E-state index contributed by atoms with van der Waals surface area (Å²) in [6.45, 7) is 0.835. The number of esters is 1. The van der Waals surface area contributed by atoms with E-state index in [1.54, 1.807) is 0 Å². The highest BCUT2D eigenvalue weighted by Gasteiger charge is 2.18. The van der Waals surface area contributed by atoms with Gasteiger partial charge in [0.1, 0.15) is 0 Å². The van der Waals surface area contributed by atoms with Gasteiger partial charge in [0.2, 0.25) is 5.89 Å². The van der Waals surface area contributed by atoms with Gasteiger partial charge in [-0.05, 0) is 19.3 Å². The minimum absolute atomic E-state index is 0.0927. The third kappa shape index (κ3) is 2.57. The van der Waals surface area contributed by atoms with Crippen LogP contribution in [0.3, 0.4) is 0 Å². The number of hydrogen-bond donors (Lipinski definition) is 0. The van der Waals surface area contributed by atoms with Crippen molar-refractivity contribution in [3.63, 3.8) is 0 Å².